The van der Waals surface area contributed by atoms with Gasteiger partial charge >= 0.3 is 17.2 Å². The lowest BCUT2D eigenvalue weighted by Crippen LogP contribution is -2.83. The number of benzene rings is 3. The molecule has 1 spiro atoms. The molecule has 8 nitrogen and oxygen atoms in total. The van der Waals surface area contributed by atoms with E-state index in [0.717, 1.165) is 72.9 Å². The van der Waals surface area contributed by atoms with Crippen LogP contribution in [0.3, 0.4) is 0 Å². The molecule has 180 valence electrons. The minimum Gasteiger partial charge on any atom is -0.444 e. The third-order valence-corrected chi connectivity index (χ3v) is 9.06. The summed E-state index contributed by atoms with van der Waals surface area (Å²) in [4.78, 5) is 18.9. The average molecular weight is 506 g/mol. The van der Waals surface area contributed by atoms with Crippen LogP contribution in [-0.4, -0.2) is 14.0 Å². The summed E-state index contributed by atoms with van der Waals surface area (Å²) in [5.41, 5.74) is 8.88. The topological polar surface area (TPSA) is 56.3 Å². The van der Waals surface area contributed by atoms with Crippen LogP contribution in [0.1, 0.15) is 0 Å². The Morgan fingerprint density at radius 3 is 2.67 bits per heavy atom. The predicted molar refractivity (Wildman–Crippen MR) is 146 cm³/mol. The Bertz CT molecular complexity index is 2580. The Morgan fingerprint density at radius 2 is 1.72 bits per heavy atom. The maximum atomic E-state index is 14.1. The first-order valence-electron chi connectivity index (χ1n) is 13.0. The van der Waals surface area contributed by atoms with Crippen LogP contribution < -0.4 is 24.2 Å². The number of quaternary nitrogens is 1. The molecule has 0 aliphatic carbocycles. The van der Waals surface area contributed by atoms with Gasteiger partial charge in [-0.1, -0.05) is 18.2 Å². The number of aryl methyl sites for hydroxylation is 1. The van der Waals surface area contributed by atoms with E-state index in [1.807, 2.05) is 24.3 Å². The number of nitrogens with zero attached hydrogens (tertiary/aromatic N) is 6. The van der Waals surface area contributed by atoms with Crippen LogP contribution in [0.2, 0.25) is 0 Å². The molecule has 5 aromatic heterocycles. The summed E-state index contributed by atoms with van der Waals surface area (Å²) in [6.07, 6.45) is 3.90. The Balaban J connectivity index is 1.56. The Kier molecular flexibility index (Phi) is 2.69. The molecular formula is C31H17N6O2+3. The number of imidazole rings is 1. The van der Waals surface area contributed by atoms with Gasteiger partial charge in [0.15, 0.2) is 23.0 Å². The molecule has 8 heterocycles. The molecule has 0 amide bonds. The summed E-state index contributed by atoms with van der Waals surface area (Å²) in [6.45, 7) is 0. The predicted octanol–water partition coefficient (Wildman–Crippen LogP) is 4.62. The molecule has 11 rings (SSSR count). The van der Waals surface area contributed by atoms with Gasteiger partial charge in [-0.2, -0.15) is 4.40 Å². The highest BCUT2D eigenvalue weighted by molar-refractivity contribution is 6.16. The molecule has 0 bridgehead atoms. The zero-order valence-corrected chi connectivity index (χ0v) is 20.6. The second-order valence-corrected chi connectivity index (χ2v) is 10.7. The van der Waals surface area contributed by atoms with Gasteiger partial charge in [-0.15, -0.1) is 0 Å². The summed E-state index contributed by atoms with van der Waals surface area (Å²) in [5, 5.41) is 2.37. The van der Waals surface area contributed by atoms with E-state index in [9.17, 15) is 4.79 Å². The highest BCUT2D eigenvalue weighted by Crippen LogP contribution is 2.59. The lowest BCUT2D eigenvalue weighted by atomic mass is 10.0. The van der Waals surface area contributed by atoms with E-state index in [0.29, 0.717) is 10.8 Å². The van der Waals surface area contributed by atoms with Gasteiger partial charge in [0, 0.05) is 10.9 Å². The molecule has 0 saturated carbocycles. The zero-order chi connectivity index (χ0) is 25.4. The van der Waals surface area contributed by atoms with Crippen LogP contribution >= 0.6 is 0 Å². The number of para-hydroxylation sites is 3. The fourth-order valence-electron chi connectivity index (χ4n) is 7.75. The molecule has 0 radical (unpaired) electrons. The normalized spacial score (nSPS) is 17.8. The summed E-state index contributed by atoms with van der Waals surface area (Å²) in [6, 6.07) is 24.7. The van der Waals surface area contributed by atoms with E-state index in [-0.39, 0.29) is 10.1 Å². The number of ether oxygens (including phenoxy) is 1. The summed E-state index contributed by atoms with van der Waals surface area (Å²) in [5.74, 6) is 2.63. The number of pyridine rings is 3. The van der Waals surface area contributed by atoms with Crippen molar-refractivity contribution in [3.05, 3.63) is 95.4 Å². The molecule has 8 heteroatoms. The van der Waals surface area contributed by atoms with Gasteiger partial charge in [-0.25, -0.2) is 4.57 Å². The van der Waals surface area contributed by atoms with Crippen molar-refractivity contribution in [3.8, 4) is 22.9 Å². The van der Waals surface area contributed by atoms with Crippen molar-refractivity contribution < 1.29 is 14.1 Å². The quantitative estimate of drug-likeness (QED) is 0.172. The van der Waals surface area contributed by atoms with E-state index in [1.165, 1.54) is 0 Å². The molecule has 0 N–H and O–H groups in total. The van der Waals surface area contributed by atoms with Crippen LogP contribution in [0.4, 0.5) is 11.4 Å². The highest BCUT2D eigenvalue weighted by atomic mass is 16.5. The summed E-state index contributed by atoms with van der Waals surface area (Å²) in [7, 11) is 2.12. The first kappa shape index (κ1) is 18.8. The minimum absolute atomic E-state index is 0.0172. The van der Waals surface area contributed by atoms with Crippen molar-refractivity contribution in [2.75, 3.05) is 0 Å². The molecule has 3 aliphatic heterocycles. The monoisotopic (exact) mass is 505 g/mol. The Morgan fingerprint density at radius 1 is 0.846 bits per heavy atom. The van der Waals surface area contributed by atoms with Crippen molar-refractivity contribution in [1.29, 1.82) is 0 Å². The lowest BCUT2D eigenvalue weighted by Gasteiger charge is -2.32. The number of aromatic nitrogens is 5. The highest BCUT2D eigenvalue weighted by Gasteiger charge is 2.68. The smallest absolute Gasteiger partial charge is 0.352 e. The molecular weight excluding hydrogens is 488 g/mol. The third kappa shape index (κ3) is 1.64. The van der Waals surface area contributed by atoms with E-state index >= 15 is 0 Å². The standard InChI is InChI=1S/C31H17N6O2/c1-33-20-8-2-3-9-21(20)36-30(33)19-6-4-10-22-27(19)37(36)28-23(39-22)12-11-17-26(28)35-25-18(29(17)38)13-14-32-24(25)16-7-5-15-34(37)31(16)35/h2-15H,1H3/q+3. The van der Waals surface area contributed by atoms with Gasteiger partial charge in [0.2, 0.25) is 22.2 Å². The van der Waals surface area contributed by atoms with Crippen molar-refractivity contribution in [2.45, 2.75) is 0 Å². The first-order valence-corrected chi connectivity index (χ1v) is 13.0. The first-order chi connectivity index (χ1) is 19.2. The Labute approximate surface area is 218 Å². The molecule has 3 aliphatic rings. The minimum atomic E-state index is 0.0172. The van der Waals surface area contributed by atoms with Gasteiger partial charge in [0.1, 0.15) is 16.5 Å². The Hall–Kier alpha value is -5.34. The molecule has 3 aromatic carbocycles. The molecule has 1 unspecified atom stereocenters. The molecule has 39 heavy (non-hydrogen) atoms. The maximum absolute atomic E-state index is 14.1. The van der Waals surface area contributed by atoms with Gasteiger partial charge in [0.05, 0.1) is 22.5 Å². The van der Waals surface area contributed by atoms with Gasteiger partial charge < -0.3 is 4.74 Å². The number of rotatable bonds is 0. The zero-order valence-electron chi connectivity index (χ0n) is 20.6. The molecule has 0 fully saturated rings. The van der Waals surface area contributed by atoms with Crippen molar-refractivity contribution >= 4 is 60.8 Å². The van der Waals surface area contributed by atoms with Crippen LogP contribution in [-0.2, 0) is 7.05 Å². The van der Waals surface area contributed by atoms with E-state index < -0.39 is 0 Å². The van der Waals surface area contributed by atoms with Gasteiger partial charge in [-0.3, -0.25) is 9.78 Å². The largest absolute Gasteiger partial charge is 0.444 e. The SMILES string of the molecule is Cn1c2[n+](c3ccccc31)[N+]13c4c(cccc4-2)Oc2ccc4c(=O)c5ccnc6c7ccc[n+]1c7n(c4c23)c56. The summed E-state index contributed by atoms with van der Waals surface area (Å²) >= 11 is 0. The average Bonchev–Trinajstić information content (AvgIpc) is 3.58. The second-order valence-electron chi connectivity index (χ2n) is 10.7. The van der Waals surface area contributed by atoms with E-state index in [2.05, 4.69) is 80.1 Å². The van der Waals surface area contributed by atoms with E-state index in [1.54, 1.807) is 6.20 Å². The summed E-state index contributed by atoms with van der Waals surface area (Å²) < 4.78 is 16.2. The van der Waals surface area contributed by atoms with Crippen molar-refractivity contribution in [1.82, 2.24) is 18.7 Å². The number of fused-ring (bicyclic) bond motifs is 5. The van der Waals surface area contributed by atoms with Crippen LogP contribution in [0.15, 0.2) is 90.0 Å². The second kappa shape index (κ2) is 5.57. The fourth-order valence-corrected chi connectivity index (χ4v) is 7.75. The molecule has 1 atom stereocenters. The molecule has 0 saturated heterocycles. The van der Waals surface area contributed by atoms with Crippen LogP contribution in [0.25, 0.3) is 60.8 Å². The fraction of sp³-hybridized carbons (Fsp3) is 0.0323. The van der Waals surface area contributed by atoms with Crippen molar-refractivity contribution in [3.63, 3.8) is 0 Å². The van der Waals surface area contributed by atoms with Crippen molar-refractivity contribution in [2.24, 2.45) is 7.05 Å². The lowest BCUT2D eigenvalue weighted by molar-refractivity contribution is -1.01. The molecule has 8 aromatic rings. The number of hydrogen-bond donors (Lipinski definition) is 0. The third-order valence-electron chi connectivity index (χ3n) is 9.06. The van der Waals surface area contributed by atoms with Gasteiger partial charge in [0.25, 0.3) is 5.69 Å². The van der Waals surface area contributed by atoms with Crippen LogP contribution in [0, 0.1) is 0 Å². The van der Waals surface area contributed by atoms with Gasteiger partial charge in [-0.05, 0) is 59.3 Å². The maximum Gasteiger partial charge on any atom is 0.352 e. The van der Waals surface area contributed by atoms with E-state index in [4.69, 9.17) is 9.72 Å². The van der Waals surface area contributed by atoms with Crippen LogP contribution in [0.5, 0.6) is 11.5 Å². The number of hydrogen-bond acceptors (Lipinski definition) is 3.